The van der Waals surface area contributed by atoms with Gasteiger partial charge in [-0.3, -0.25) is 9.74 Å². The van der Waals surface area contributed by atoms with Crippen LogP contribution in [0.1, 0.15) is 20.3 Å². The molecule has 4 atom stereocenters. The number of hydrogen-bond donors (Lipinski definition) is 0. The summed E-state index contributed by atoms with van der Waals surface area (Å²) < 4.78 is 11.2. The van der Waals surface area contributed by atoms with Gasteiger partial charge in [-0.2, -0.15) is 5.06 Å². The average molecular weight is 244 g/mol. The second-order valence-electron chi connectivity index (χ2n) is 4.82. The normalized spacial score (nSPS) is 40.2. The SMILES string of the molecule is C[C@@H]1O[C@@H](C)CC2C1OC(=O)N(C)OCN2C. The van der Waals surface area contributed by atoms with Gasteiger partial charge in [-0.25, -0.2) is 4.79 Å². The molecule has 0 aliphatic carbocycles. The molecule has 0 aromatic heterocycles. The molecule has 2 rings (SSSR count). The van der Waals surface area contributed by atoms with Crippen LogP contribution in [0.25, 0.3) is 0 Å². The molecule has 2 heterocycles. The van der Waals surface area contributed by atoms with Crippen LogP contribution < -0.4 is 0 Å². The van der Waals surface area contributed by atoms with Crippen LogP contribution in [0, 0.1) is 0 Å². The standard InChI is InChI=1S/C11H20N2O4/c1-7-5-9-10(8(2)16-7)17-11(14)13(4)15-6-12(9)3/h7-10H,5-6H2,1-4H3/t7-,8-,9?,10?/m0/s1. The van der Waals surface area contributed by atoms with Gasteiger partial charge in [0.2, 0.25) is 0 Å². The van der Waals surface area contributed by atoms with E-state index in [4.69, 9.17) is 14.3 Å². The topological polar surface area (TPSA) is 51.2 Å². The maximum absolute atomic E-state index is 11.7. The Kier molecular flexibility index (Phi) is 3.56. The molecule has 0 bridgehead atoms. The van der Waals surface area contributed by atoms with E-state index in [9.17, 15) is 4.79 Å². The molecule has 6 heteroatoms. The summed E-state index contributed by atoms with van der Waals surface area (Å²) >= 11 is 0. The third-order valence-corrected chi connectivity index (χ3v) is 3.38. The molecule has 98 valence electrons. The zero-order valence-electron chi connectivity index (χ0n) is 10.8. The molecule has 2 unspecified atom stereocenters. The highest BCUT2D eigenvalue weighted by atomic mass is 16.7. The fourth-order valence-corrected chi connectivity index (χ4v) is 2.41. The van der Waals surface area contributed by atoms with Crippen molar-refractivity contribution in [1.82, 2.24) is 9.96 Å². The van der Waals surface area contributed by atoms with Gasteiger partial charge in [-0.1, -0.05) is 0 Å². The second-order valence-corrected chi connectivity index (χ2v) is 4.82. The van der Waals surface area contributed by atoms with Crippen LogP contribution in [0.3, 0.4) is 0 Å². The highest BCUT2D eigenvalue weighted by Gasteiger charge is 2.41. The minimum absolute atomic E-state index is 0.0957. The van der Waals surface area contributed by atoms with Gasteiger partial charge in [0.25, 0.3) is 0 Å². The van der Waals surface area contributed by atoms with Gasteiger partial charge in [0, 0.05) is 7.05 Å². The summed E-state index contributed by atoms with van der Waals surface area (Å²) in [5, 5.41) is 1.12. The third kappa shape index (κ3) is 2.53. The van der Waals surface area contributed by atoms with E-state index in [1.807, 2.05) is 20.9 Å². The van der Waals surface area contributed by atoms with E-state index >= 15 is 0 Å². The number of fused-ring (bicyclic) bond motifs is 1. The summed E-state index contributed by atoms with van der Waals surface area (Å²) in [6.45, 7) is 4.36. The van der Waals surface area contributed by atoms with E-state index in [1.54, 1.807) is 7.05 Å². The molecule has 2 aliphatic heterocycles. The quantitative estimate of drug-likeness (QED) is 0.631. The lowest BCUT2D eigenvalue weighted by molar-refractivity contribution is -0.221. The molecule has 1 amide bonds. The molecule has 0 aromatic carbocycles. The maximum Gasteiger partial charge on any atom is 0.434 e. The number of carbonyl (C=O) groups is 1. The Morgan fingerprint density at radius 3 is 2.71 bits per heavy atom. The van der Waals surface area contributed by atoms with Crippen LogP contribution in [0.4, 0.5) is 4.79 Å². The first-order valence-electron chi connectivity index (χ1n) is 5.92. The summed E-state index contributed by atoms with van der Waals surface area (Å²) in [7, 11) is 3.52. The minimum atomic E-state index is -0.460. The fourth-order valence-electron chi connectivity index (χ4n) is 2.41. The number of hydroxylamine groups is 2. The number of rotatable bonds is 0. The molecule has 0 radical (unpaired) electrons. The Bertz CT molecular complexity index is 299. The molecule has 2 fully saturated rings. The van der Waals surface area contributed by atoms with E-state index in [1.165, 1.54) is 0 Å². The van der Waals surface area contributed by atoms with E-state index in [0.717, 1.165) is 11.5 Å². The summed E-state index contributed by atoms with van der Waals surface area (Å²) in [4.78, 5) is 19.0. The predicted octanol–water partition coefficient (Wildman–Crippen LogP) is 0.824. The average Bonchev–Trinajstić information content (AvgIpc) is 2.27. The Labute approximate surface area is 101 Å². The summed E-state index contributed by atoms with van der Waals surface area (Å²) in [5.41, 5.74) is 0. The van der Waals surface area contributed by atoms with Gasteiger partial charge < -0.3 is 9.47 Å². The number of amides is 1. The first kappa shape index (κ1) is 12.6. The van der Waals surface area contributed by atoms with Crippen LogP contribution in [0.5, 0.6) is 0 Å². The number of carbonyl (C=O) groups excluding carboxylic acids is 1. The van der Waals surface area contributed by atoms with Crippen LogP contribution >= 0.6 is 0 Å². The van der Waals surface area contributed by atoms with Crippen LogP contribution in [-0.4, -0.2) is 61.2 Å². The van der Waals surface area contributed by atoms with E-state index in [2.05, 4.69) is 4.90 Å². The Balaban J connectivity index is 2.17. The molecule has 0 N–H and O–H groups in total. The van der Waals surface area contributed by atoms with E-state index < -0.39 is 6.09 Å². The fraction of sp³-hybridized carbons (Fsp3) is 0.909. The second kappa shape index (κ2) is 4.80. The molecule has 6 nitrogen and oxygen atoms in total. The van der Waals surface area contributed by atoms with Crippen molar-refractivity contribution < 1.29 is 19.1 Å². The number of likely N-dealkylation sites (N-methyl/N-ethyl adjacent to an activating group) is 1. The molecule has 0 spiro atoms. The van der Waals surface area contributed by atoms with Gasteiger partial charge >= 0.3 is 6.09 Å². The van der Waals surface area contributed by atoms with Crippen LogP contribution in [-0.2, 0) is 14.3 Å². The highest BCUT2D eigenvalue weighted by Crippen LogP contribution is 2.27. The van der Waals surface area contributed by atoms with Crippen molar-refractivity contribution >= 4 is 6.09 Å². The van der Waals surface area contributed by atoms with Crippen LogP contribution in [0.15, 0.2) is 0 Å². The third-order valence-electron chi connectivity index (χ3n) is 3.38. The first-order valence-corrected chi connectivity index (χ1v) is 5.92. The van der Waals surface area contributed by atoms with Gasteiger partial charge in [-0.15, -0.1) is 0 Å². The molecule has 0 aromatic rings. The number of nitrogens with zero attached hydrogens (tertiary/aromatic N) is 2. The lowest BCUT2D eigenvalue weighted by Gasteiger charge is -2.44. The van der Waals surface area contributed by atoms with E-state index in [-0.39, 0.29) is 24.4 Å². The molecule has 0 saturated carbocycles. The molecular weight excluding hydrogens is 224 g/mol. The van der Waals surface area contributed by atoms with Crippen molar-refractivity contribution in [2.24, 2.45) is 0 Å². The molecule has 17 heavy (non-hydrogen) atoms. The molecule has 2 saturated heterocycles. The minimum Gasteiger partial charge on any atom is -0.440 e. The van der Waals surface area contributed by atoms with Crippen LogP contribution in [0.2, 0.25) is 0 Å². The van der Waals surface area contributed by atoms with Crippen molar-refractivity contribution in [3.63, 3.8) is 0 Å². The number of hydrogen-bond acceptors (Lipinski definition) is 5. The van der Waals surface area contributed by atoms with Gasteiger partial charge in [-0.05, 0) is 27.3 Å². The zero-order chi connectivity index (χ0) is 12.6. The Morgan fingerprint density at radius 2 is 2.00 bits per heavy atom. The van der Waals surface area contributed by atoms with Crippen molar-refractivity contribution in [2.45, 2.75) is 44.6 Å². The lowest BCUT2D eigenvalue weighted by Crippen LogP contribution is -2.58. The van der Waals surface area contributed by atoms with Gasteiger partial charge in [0.05, 0.1) is 18.2 Å². The molecular formula is C11H20N2O4. The lowest BCUT2D eigenvalue weighted by atomic mass is 9.95. The van der Waals surface area contributed by atoms with Gasteiger partial charge in [0.1, 0.15) is 12.8 Å². The zero-order valence-corrected chi connectivity index (χ0v) is 10.8. The number of ether oxygens (including phenoxy) is 2. The van der Waals surface area contributed by atoms with E-state index in [0.29, 0.717) is 6.73 Å². The maximum atomic E-state index is 11.7. The molecule has 2 aliphatic rings. The van der Waals surface area contributed by atoms with Crippen molar-refractivity contribution in [1.29, 1.82) is 0 Å². The highest BCUT2D eigenvalue weighted by molar-refractivity contribution is 5.66. The first-order chi connectivity index (χ1) is 7.99. The van der Waals surface area contributed by atoms with Crippen molar-refractivity contribution in [2.75, 3.05) is 20.8 Å². The Morgan fingerprint density at radius 1 is 1.29 bits per heavy atom. The predicted molar refractivity (Wildman–Crippen MR) is 60.2 cm³/mol. The summed E-state index contributed by atoms with van der Waals surface area (Å²) in [6.07, 6.45) is 0.214. The van der Waals surface area contributed by atoms with Crippen molar-refractivity contribution in [3.05, 3.63) is 0 Å². The summed E-state index contributed by atoms with van der Waals surface area (Å²) in [6, 6.07) is 0.145. The largest absolute Gasteiger partial charge is 0.440 e. The smallest absolute Gasteiger partial charge is 0.434 e. The monoisotopic (exact) mass is 244 g/mol. The van der Waals surface area contributed by atoms with Gasteiger partial charge in [0.15, 0.2) is 0 Å². The van der Waals surface area contributed by atoms with Crippen molar-refractivity contribution in [3.8, 4) is 0 Å². The Hall–Kier alpha value is -0.850. The summed E-state index contributed by atoms with van der Waals surface area (Å²) in [5.74, 6) is 0.